The molecule has 1 aliphatic rings. The van der Waals surface area contributed by atoms with E-state index in [4.69, 9.17) is 0 Å². The summed E-state index contributed by atoms with van der Waals surface area (Å²) in [5.74, 6) is -0.398. The van der Waals surface area contributed by atoms with Crippen molar-refractivity contribution in [2.75, 3.05) is 24.4 Å². The molecular weight excluding hydrogens is 450 g/mol. The standard InChI is InChI=1S/C26H29N3O4S/c1-19(26(31)27-2)28(18-16-20-9-4-3-5-10-20)24(30)15-8-17-29-22-13-6-11-21-12-7-14-23(25(21)22)34(29,32)33/h3-7,9-14,19H,8,15-18H2,1-2H3,(H,27,31)/t19-/m1/s1. The van der Waals surface area contributed by atoms with Gasteiger partial charge in [0.2, 0.25) is 11.8 Å². The van der Waals surface area contributed by atoms with Gasteiger partial charge in [-0.05, 0) is 42.8 Å². The largest absolute Gasteiger partial charge is 0.357 e. The third-order valence-electron chi connectivity index (χ3n) is 6.33. The molecule has 0 bridgehead atoms. The van der Waals surface area contributed by atoms with Crippen molar-refractivity contribution in [3.63, 3.8) is 0 Å². The molecule has 1 atom stereocenters. The average molecular weight is 480 g/mol. The maximum Gasteiger partial charge on any atom is 0.265 e. The Balaban J connectivity index is 1.45. The molecule has 0 fully saturated rings. The highest BCUT2D eigenvalue weighted by atomic mass is 32.2. The summed E-state index contributed by atoms with van der Waals surface area (Å²) in [6.07, 6.45) is 1.13. The molecule has 2 amide bonds. The summed E-state index contributed by atoms with van der Waals surface area (Å²) in [7, 11) is -2.10. The van der Waals surface area contributed by atoms with E-state index in [1.807, 2.05) is 48.5 Å². The molecule has 34 heavy (non-hydrogen) atoms. The number of rotatable bonds is 9. The molecule has 178 valence electrons. The van der Waals surface area contributed by atoms with Gasteiger partial charge in [-0.3, -0.25) is 13.9 Å². The summed E-state index contributed by atoms with van der Waals surface area (Å²) in [5.41, 5.74) is 1.73. The highest BCUT2D eigenvalue weighted by Gasteiger charge is 2.35. The lowest BCUT2D eigenvalue weighted by molar-refractivity contribution is -0.139. The van der Waals surface area contributed by atoms with E-state index in [2.05, 4.69) is 5.32 Å². The molecule has 3 aromatic carbocycles. The number of hydrogen-bond donors (Lipinski definition) is 1. The van der Waals surface area contributed by atoms with E-state index in [0.717, 1.165) is 16.3 Å². The maximum atomic E-state index is 13.1. The van der Waals surface area contributed by atoms with Gasteiger partial charge in [-0.1, -0.05) is 54.6 Å². The molecule has 1 heterocycles. The van der Waals surface area contributed by atoms with Gasteiger partial charge in [-0.2, -0.15) is 0 Å². The Morgan fingerprint density at radius 3 is 2.41 bits per heavy atom. The van der Waals surface area contributed by atoms with Crippen molar-refractivity contribution >= 4 is 38.3 Å². The Morgan fingerprint density at radius 1 is 1.00 bits per heavy atom. The van der Waals surface area contributed by atoms with Crippen LogP contribution in [0, 0.1) is 0 Å². The monoisotopic (exact) mass is 479 g/mol. The Hall–Kier alpha value is -3.39. The van der Waals surface area contributed by atoms with Crippen LogP contribution in [0.25, 0.3) is 10.8 Å². The first kappa shape index (κ1) is 23.8. The van der Waals surface area contributed by atoms with E-state index in [9.17, 15) is 18.0 Å². The molecular formula is C26H29N3O4S. The van der Waals surface area contributed by atoms with Gasteiger partial charge >= 0.3 is 0 Å². The Bertz CT molecular complexity index is 1300. The van der Waals surface area contributed by atoms with Gasteiger partial charge in [-0.25, -0.2) is 8.42 Å². The highest BCUT2D eigenvalue weighted by molar-refractivity contribution is 7.93. The van der Waals surface area contributed by atoms with E-state index in [-0.39, 0.29) is 24.8 Å². The lowest BCUT2D eigenvalue weighted by Crippen LogP contribution is -2.48. The van der Waals surface area contributed by atoms with Crippen LogP contribution in [0.4, 0.5) is 5.69 Å². The number of sulfonamides is 1. The average Bonchev–Trinajstić information content (AvgIpc) is 3.07. The molecule has 3 aromatic rings. The SMILES string of the molecule is CNC(=O)[C@@H](C)N(CCc1ccccc1)C(=O)CCCN1c2cccc3cccc(c23)S1(=O)=O. The number of nitrogens with one attached hydrogen (secondary N) is 1. The van der Waals surface area contributed by atoms with Gasteiger partial charge in [0.1, 0.15) is 6.04 Å². The van der Waals surface area contributed by atoms with E-state index in [1.165, 1.54) is 4.31 Å². The molecule has 0 aliphatic carbocycles. The van der Waals surface area contributed by atoms with Crippen molar-refractivity contribution in [2.24, 2.45) is 0 Å². The molecule has 0 saturated carbocycles. The minimum Gasteiger partial charge on any atom is -0.357 e. The lowest BCUT2D eigenvalue weighted by atomic mass is 10.1. The molecule has 0 spiro atoms. The zero-order chi connectivity index (χ0) is 24.3. The van der Waals surface area contributed by atoms with Gasteiger partial charge in [0.05, 0.1) is 10.6 Å². The van der Waals surface area contributed by atoms with E-state index in [1.54, 1.807) is 37.1 Å². The second-order valence-corrected chi connectivity index (χ2v) is 10.3. The second-order valence-electron chi connectivity index (χ2n) is 8.43. The van der Waals surface area contributed by atoms with Crippen LogP contribution in [0.15, 0.2) is 71.6 Å². The molecule has 0 aromatic heterocycles. The molecule has 0 saturated heterocycles. The maximum absolute atomic E-state index is 13.1. The second kappa shape index (κ2) is 9.85. The summed E-state index contributed by atoms with van der Waals surface area (Å²) in [6, 6.07) is 20.0. The van der Waals surface area contributed by atoms with Crippen molar-refractivity contribution < 1.29 is 18.0 Å². The van der Waals surface area contributed by atoms with Crippen LogP contribution in [0.2, 0.25) is 0 Å². The Kier molecular flexibility index (Phi) is 6.88. The van der Waals surface area contributed by atoms with Crippen LogP contribution in [0.3, 0.4) is 0 Å². The van der Waals surface area contributed by atoms with Crippen LogP contribution in [0.5, 0.6) is 0 Å². The fourth-order valence-electron chi connectivity index (χ4n) is 4.50. The number of hydrogen-bond acceptors (Lipinski definition) is 4. The normalized spacial score (nSPS) is 14.7. The minimum atomic E-state index is -3.65. The zero-order valence-corrected chi connectivity index (χ0v) is 20.2. The fraction of sp³-hybridized carbons (Fsp3) is 0.308. The number of nitrogens with zero attached hydrogens (tertiary/aromatic N) is 2. The van der Waals surface area contributed by atoms with Crippen molar-refractivity contribution in [3.05, 3.63) is 72.3 Å². The number of likely N-dealkylation sites (N-methyl/N-ethyl adjacent to an activating group) is 1. The van der Waals surface area contributed by atoms with Crippen LogP contribution in [0.1, 0.15) is 25.3 Å². The van der Waals surface area contributed by atoms with E-state index < -0.39 is 16.1 Å². The Morgan fingerprint density at radius 2 is 1.71 bits per heavy atom. The lowest BCUT2D eigenvalue weighted by Gasteiger charge is -2.28. The molecule has 0 radical (unpaired) electrons. The van der Waals surface area contributed by atoms with Crippen molar-refractivity contribution in [1.29, 1.82) is 0 Å². The fourth-order valence-corrected chi connectivity index (χ4v) is 6.24. The topological polar surface area (TPSA) is 86.8 Å². The van der Waals surface area contributed by atoms with E-state index >= 15 is 0 Å². The smallest absolute Gasteiger partial charge is 0.265 e. The summed E-state index contributed by atoms with van der Waals surface area (Å²) in [5, 5.41) is 4.22. The number of carbonyl (C=O) groups excluding carboxylic acids is 2. The van der Waals surface area contributed by atoms with Crippen molar-refractivity contribution in [2.45, 2.75) is 37.1 Å². The van der Waals surface area contributed by atoms with Crippen LogP contribution >= 0.6 is 0 Å². The van der Waals surface area contributed by atoms with Gasteiger partial charge in [0.25, 0.3) is 10.0 Å². The number of benzene rings is 3. The van der Waals surface area contributed by atoms with Crippen LogP contribution < -0.4 is 9.62 Å². The predicted octanol–water partition coefficient (Wildman–Crippen LogP) is 3.33. The van der Waals surface area contributed by atoms with Crippen molar-refractivity contribution in [1.82, 2.24) is 10.2 Å². The van der Waals surface area contributed by atoms with Crippen LogP contribution in [-0.2, 0) is 26.0 Å². The quantitative estimate of drug-likeness (QED) is 0.510. The summed E-state index contributed by atoms with van der Waals surface area (Å²) in [4.78, 5) is 27.3. The minimum absolute atomic E-state index is 0.147. The summed E-state index contributed by atoms with van der Waals surface area (Å²) in [6.45, 7) is 2.32. The third kappa shape index (κ3) is 4.50. The number of anilines is 1. The van der Waals surface area contributed by atoms with E-state index in [0.29, 0.717) is 30.0 Å². The first-order valence-corrected chi connectivity index (χ1v) is 12.9. The number of carbonyl (C=O) groups is 2. The molecule has 8 heteroatoms. The molecule has 1 N–H and O–H groups in total. The predicted molar refractivity (Wildman–Crippen MR) is 133 cm³/mol. The molecule has 4 rings (SSSR count). The van der Waals surface area contributed by atoms with Gasteiger partial charge in [-0.15, -0.1) is 0 Å². The van der Waals surface area contributed by atoms with Gasteiger partial charge in [0, 0.05) is 31.9 Å². The molecule has 0 unspecified atom stereocenters. The number of amides is 2. The van der Waals surface area contributed by atoms with Gasteiger partial charge in [0.15, 0.2) is 0 Å². The highest BCUT2D eigenvalue weighted by Crippen LogP contribution is 2.41. The molecule has 7 nitrogen and oxygen atoms in total. The summed E-state index contributed by atoms with van der Waals surface area (Å²) < 4.78 is 27.7. The third-order valence-corrected chi connectivity index (χ3v) is 8.19. The van der Waals surface area contributed by atoms with Crippen molar-refractivity contribution in [3.8, 4) is 0 Å². The van der Waals surface area contributed by atoms with Crippen LogP contribution in [-0.4, -0.2) is 51.3 Å². The van der Waals surface area contributed by atoms with Gasteiger partial charge < -0.3 is 10.2 Å². The Labute approximate surface area is 200 Å². The summed E-state index contributed by atoms with van der Waals surface area (Å²) >= 11 is 0. The first-order chi connectivity index (χ1) is 16.3. The molecule has 1 aliphatic heterocycles. The zero-order valence-electron chi connectivity index (χ0n) is 19.4. The first-order valence-electron chi connectivity index (χ1n) is 11.4.